The van der Waals surface area contributed by atoms with Crippen LogP contribution in [0.1, 0.15) is 30.0 Å². The molecule has 0 aliphatic heterocycles. The lowest BCUT2D eigenvalue weighted by Gasteiger charge is -2.22. The number of rotatable bonds is 4. The van der Waals surface area contributed by atoms with Crippen molar-refractivity contribution in [2.75, 3.05) is 18.6 Å². The van der Waals surface area contributed by atoms with Crippen LogP contribution < -0.4 is 10.5 Å². The van der Waals surface area contributed by atoms with Gasteiger partial charge in [-0.15, -0.1) is 0 Å². The number of hydrogen-bond acceptors (Lipinski definition) is 4. The molecule has 1 aliphatic carbocycles. The van der Waals surface area contributed by atoms with Crippen LogP contribution in [0.15, 0.2) is 18.2 Å². The normalized spacial score (nSPS) is 19.3. The van der Waals surface area contributed by atoms with Crippen LogP contribution in [-0.4, -0.2) is 27.0 Å². The molecule has 18 heavy (non-hydrogen) atoms. The third-order valence-corrected chi connectivity index (χ3v) is 4.11. The van der Waals surface area contributed by atoms with Crippen molar-refractivity contribution in [2.24, 2.45) is 5.73 Å². The van der Waals surface area contributed by atoms with Gasteiger partial charge in [0.25, 0.3) is 0 Å². The molecular weight excluding hydrogens is 250 g/mol. The molecule has 100 valence electrons. The summed E-state index contributed by atoms with van der Waals surface area (Å²) in [6, 6.07) is 5.94. The van der Waals surface area contributed by atoms with E-state index in [-0.39, 0.29) is 18.4 Å². The van der Waals surface area contributed by atoms with Gasteiger partial charge in [-0.1, -0.05) is 6.07 Å². The van der Waals surface area contributed by atoms with E-state index in [1.165, 1.54) is 11.8 Å². The van der Waals surface area contributed by atoms with E-state index in [1.807, 2.05) is 18.2 Å². The van der Waals surface area contributed by atoms with Crippen LogP contribution in [-0.2, 0) is 16.3 Å². The van der Waals surface area contributed by atoms with Gasteiger partial charge in [-0.3, -0.25) is 0 Å². The van der Waals surface area contributed by atoms with Crippen molar-refractivity contribution in [3.63, 3.8) is 0 Å². The fourth-order valence-corrected chi connectivity index (χ4v) is 2.60. The molecule has 1 aromatic rings. The van der Waals surface area contributed by atoms with Crippen LogP contribution in [0.5, 0.6) is 5.75 Å². The van der Waals surface area contributed by atoms with Crippen molar-refractivity contribution < 1.29 is 13.2 Å². The fourth-order valence-electron chi connectivity index (χ4n) is 2.21. The summed E-state index contributed by atoms with van der Waals surface area (Å²) in [6.07, 6.45) is 4.40. The van der Waals surface area contributed by atoms with Crippen molar-refractivity contribution >= 4 is 9.84 Å². The molecular formula is C13H19NO3S. The van der Waals surface area contributed by atoms with Crippen LogP contribution in [0, 0.1) is 0 Å². The van der Waals surface area contributed by atoms with Crippen molar-refractivity contribution in [2.45, 2.75) is 25.3 Å². The fraction of sp³-hybridized carbons (Fsp3) is 0.538. The van der Waals surface area contributed by atoms with E-state index >= 15 is 0 Å². The van der Waals surface area contributed by atoms with Crippen LogP contribution in [0.25, 0.3) is 0 Å². The van der Waals surface area contributed by atoms with Gasteiger partial charge >= 0.3 is 0 Å². The minimum Gasteiger partial charge on any atom is -0.493 e. The lowest BCUT2D eigenvalue weighted by atomic mass is 9.88. The molecule has 2 rings (SSSR count). The van der Waals surface area contributed by atoms with Gasteiger partial charge in [0, 0.05) is 12.3 Å². The van der Waals surface area contributed by atoms with Gasteiger partial charge in [0.2, 0.25) is 0 Å². The number of hydrogen-bond donors (Lipinski definition) is 1. The Hall–Kier alpha value is -1.07. The number of fused-ring (bicyclic) bond motifs is 1. The third kappa shape index (κ3) is 3.46. The maximum atomic E-state index is 11.0. The van der Waals surface area contributed by atoms with Gasteiger partial charge in [-0.25, -0.2) is 8.42 Å². The second-order valence-corrected chi connectivity index (χ2v) is 7.10. The van der Waals surface area contributed by atoms with Gasteiger partial charge in [-0.05, 0) is 42.5 Å². The maximum Gasteiger partial charge on any atom is 0.150 e. The highest BCUT2D eigenvalue weighted by Crippen LogP contribution is 2.30. The van der Waals surface area contributed by atoms with Crippen molar-refractivity contribution in [3.05, 3.63) is 29.3 Å². The summed E-state index contributed by atoms with van der Waals surface area (Å²) in [4.78, 5) is 0. The maximum absolute atomic E-state index is 11.0. The number of nitrogens with two attached hydrogens (primary N) is 1. The van der Waals surface area contributed by atoms with Crippen molar-refractivity contribution in [3.8, 4) is 5.75 Å². The molecule has 0 radical (unpaired) electrons. The summed E-state index contributed by atoms with van der Waals surface area (Å²) in [7, 11) is -2.97. The molecule has 1 atom stereocenters. The molecule has 0 saturated heterocycles. The molecule has 0 saturated carbocycles. The molecule has 4 nitrogen and oxygen atoms in total. The molecule has 0 bridgehead atoms. The van der Waals surface area contributed by atoms with Gasteiger partial charge in [0.05, 0.1) is 5.75 Å². The Bertz CT molecular complexity index is 525. The monoisotopic (exact) mass is 269 g/mol. The average molecular weight is 269 g/mol. The van der Waals surface area contributed by atoms with E-state index in [0.717, 1.165) is 24.8 Å². The van der Waals surface area contributed by atoms with Crippen molar-refractivity contribution in [1.29, 1.82) is 0 Å². The topological polar surface area (TPSA) is 69.4 Å². The minimum atomic E-state index is -2.97. The summed E-state index contributed by atoms with van der Waals surface area (Å²) in [5, 5.41) is 0. The van der Waals surface area contributed by atoms with E-state index in [2.05, 4.69) is 0 Å². The molecule has 1 aromatic carbocycles. The number of ether oxygens (including phenoxy) is 1. The van der Waals surface area contributed by atoms with Crippen LogP contribution in [0.3, 0.4) is 0 Å². The molecule has 0 aromatic heterocycles. The number of sulfone groups is 1. The zero-order valence-electron chi connectivity index (χ0n) is 10.6. The first-order valence-corrected chi connectivity index (χ1v) is 8.21. The molecule has 5 heteroatoms. The molecule has 0 spiro atoms. The summed E-state index contributed by atoms with van der Waals surface area (Å²) >= 11 is 0. The first-order valence-electron chi connectivity index (χ1n) is 6.14. The zero-order valence-corrected chi connectivity index (χ0v) is 11.4. The highest BCUT2D eigenvalue weighted by molar-refractivity contribution is 7.90. The Kier molecular flexibility index (Phi) is 3.92. The van der Waals surface area contributed by atoms with Crippen LogP contribution in [0.2, 0.25) is 0 Å². The standard InChI is InChI=1S/C13H19NO3S/c1-18(15,16)8-7-17-11-6-5-10-3-2-4-13(14)12(10)9-11/h5-6,9,13H,2-4,7-8,14H2,1H3/t13-/m0/s1. The quantitative estimate of drug-likeness (QED) is 0.898. The predicted octanol–water partition coefficient (Wildman–Crippen LogP) is 1.45. The van der Waals surface area contributed by atoms with Gasteiger partial charge in [0.1, 0.15) is 12.4 Å². The second-order valence-electron chi connectivity index (χ2n) is 4.84. The van der Waals surface area contributed by atoms with Gasteiger partial charge in [-0.2, -0.15) is 0 Å². The molecule has 0 fully saturated rings. The lowest BCUT2D eigenvalue weighted by Crippen LogP contribution is -2.18. The molecule has 0 amide bonds. The highest BCUT2D eigenvalue weighted by atomic mass is 32.2. The van der Waals surface area contributed by atoms with Crippen LogP contribution >= 0.6 is 0 Å². The van der Waals surface area contributed by atoms with E-state index < -0.39 is 9.84 Å². The minimum absolute atomic E-state index is 0.0378. The van der Waals surface area contributed by atoms with E-state index in [9.17, 15) is 8.42 Å². The zero-order chi connectivity index (χ0) is 13.2. The first kappa shape index (κ1) is 13.4. The number of aryl methyl sites for hydroxylation is 1. The lowest BCUT2D eigenvalue weighted by molar-refractivity contribution is 0.340. The van der Waals surface area contributed by atoms with E-state index in [4.69, 9.17) is 10.5 Å². The summed E-state index contributed by atoms with van der Waals surface area (Å²) in [6.45, 7) is 0.187. The Morgan fingerprint density at radius 1 is 1.44 bits per heavy atom. The Balaban J connectivity index is 2.04. The van der Waals surface area contributed by atoms with Crippen LogP contribution in [0.4, 0.5) is 0 Å². The summed E-state index contributed by atoms with van der Waals surface area (Å²) in [5.74, 6) is 0.741. The average Bonchev–Trinajstić information content (AvgIpc) is 2.28. The smallest absolute Gasteiger partial charge is 0.150 e. The molecule has 0 heterocycles. The van der Waals surface area contributed by atoms with Crippen molar-refractivity contribution in [1.82, 2.24) is 0 Å². The predicted molar refractivity (Wildman–Crippen MR) is 71.5 cm³/mol. The summed E-state index contributed by atoms with van der Waals surface area (Å²) < 4.78 is 27.5. The Morgan fingerprint density at radius 3 is 2.94 bits per heavy atom. The SMILES string of the molecule is CS(=O)(=O)CCOc1ccc2c(c1)[C@@H](N)CCC2. The molecule has 1 aliphatic rings. The van der Waals surface area contributed by atoms with Gasteiger partial charge < -0.3 is 10.5 Å². The highest BCUT2D eigenvalue weighted by Gasteiger charge is 2.17. The molecule has 2 N–H and O–H groups in total. The first-order chi connectivity index (χ1) is 8.46. The van der Waals surface area contributed by atoms with E-state index in [1.54, 1.807) is 0 Å². The third-order valence-electron chi connectivity index (χ3n) is 3.20. The van der Waals surface area contributed by atoms with Gasteiger partial charge in [0.15, 0.2) is 9.84 Å². The second kappa shape index (κ2) is 5.28. The van der Waals surface area contributed by atoms with E-state index in [0.29, 0.717) is 5.75 Å². The summed E-state index contributed by atoms with van der Waals surface area (Å²) in [5.41, 5.74) is 8.48. The Morgan fingerprint density at radius 2 is 2.22 bits per heavy atom. The largest absolute Gasteiger partial charge is 0.493 e. The molecule has 0 unspecified atom stereocenters. The number of benzene rings is 1. The Labute approximate surface area is 108 Å².